The fourth-order valence-corrected chi connectivity index (χ4v) is 2.73. The predicted molar refractivity (Wildman–Crippen MR) is 82.4 cm³/mol. The summed E-state index contributed by atoms with van der Waals surface area (Å²) in [7, 11) is 0. The van der Waals surface area contributed by atoms with Crippen LogP contribution in [0.3, 0.4) is 0 Å². The van der Waals surface area contributed by atoms with Crippen molar-refractivity contribution in [2.45, 2.75) is 45.6 Å². The molecule has 116 valence electrons. The quantitative estimate of drug-likeness (QED) is 0.875. The van der Waals surface area contributed by atoms with E-state index in [1.165, 1.54) is 0 Å². The number of ether oxygens (including phenoxy) is 1. The molecule has 1 fully saturated rings. The van der Waals surface area contributed by atoms with Gasteiger partial charge in [0.2, 0.25) is 0 Å². The monoisotopic (exact) mass is 291 g/mol. The standard InChI is InChI=1S/C17H25NO3/c1-12-7-8-13(2)16(9-12)21-11-17(20)18-10-14-5-3-4-6-15(14)19/h7-9,14-15,19H,3-6,10-11H2,1-2H3,(H,18,20). The van der Waals surface area contributed by atoms with E-state index in [0.29, 0.717) is 6.54 Å². The Hall–Kier alpha value is -1.55. The first-order valence-corrected chi connectivity index (χ1v) is 7.71. The van der Waals surface area contributed by atoms with Gasteiger partial charge in [0, 0.05) is 12.5 Å². The first-order chi connectivity index (χ1) is 10.1. The lowest BCUT2D eigenvalue weighted by atomic mass is 9.86. The Bertz CT molecular complexity index is 487. The maximum absolute atomic E-state index is 11.8. The van der Waals surface area contributed by atoms with Gasteiger partial charge in [-0.05, 0) is 43.9 Å². The molecule has 4 nitrogen and oxygen atoms in total. The Morgan fingerprint density at radius 2 is 2.10 bits per heavy atom. The van der Waals surface area contributed by atoms with E-state index in [2.05, 4.69) is 5.32 Å². The topological polar surface area (TPSA) is 58.6 Å². The van der Waals surface area contributed by atoms with Crippen LogP contribution in [0.1, 0.15) is 36.8 Å². The van der Waals surface area contributed by atoms with Crippen LogP contribution in [0.25, 0.3) is 0 Å². The summed E-state index contributed by atoms with van der Waals surface area (Å²) in [6.07, 6.45) is 3.77. The van der Waals surface area contributed by atoms with Crippen molar-refractivity contribution < 1.29 is 14.6 Å². The average molecular weight is 291 g/mol. The summed E-state index contributed by atoms with van der Waals surface area (Å²) in [5.41, 5.74) is 2.14. The highest BCUT2D eigenvalue weighted by molar-refractivity contribution is 5.77. The Morgan fingerprint density at radius 3 is 2.86 bits per heavy atom. The molecular formula is C17H25NO3. The van der Waals surface area contributed by atoms with Crippen molar-refractivity contribution >= 4 is 5.91 Å². The highest BCUT2D eigenvalue weighted by atomic mass is 16.5. The molecule has 2 rings (SSSR count). The van der Waals surface area contributed by atoms with Crippen LogP contribution < -0.4 is 10.1 Å². The molecule has 0 bridgehead atoms. The van der Waals surface area contributed by atoms with Crippen LogP contribution in [0, 0.1) is 19.8 Å². The molecule has 0 radical (unpaired) electrons. The van der Waals surface area contributed by atoms with Crippen molar-refractivity contribution in [1.29, 1.82) is 0 Å². The number of carbonyl (C=O) groups excluding carboxylic acids is 1. The summed E-state index contributed by atoms with van der Waals surface area (Å²) in [4.78, 5) is 11.8. The van der Waals surface area contributed by atoms with E-state index in [4.69, 9.17) is 4.74 Å². The number of carbonyl (C=O) groups is 1. The van der Waals surface area contributed by atoms with Crippen molar-refractivity contribution in [3.05, 3.63) is 29.3 Å². The number of aliphatic hydroxyl groups excluding tert-OH is 1. The van der Waals surface area contributed by atoms with Crippen LogP contribution in [-0.2, 0) is 4.79 Å². The first kappa shape index (κ1) is 15.8. The molecular weight excluding hydrogens is 266 g/mol. The maximum Gasteiger partial charge on any atom is 0.257 e. The molecule has 1 amide bonds. The van der Waals surface area contributed by atoms with Crippen LogP contribution in [0.2, 0.25) is 0 Å². The molecule has 4 heteroatoms. The van der Waals surface area contributed by atoms with E-state index in [1.807, 2.05) is 32.0 Å². The van der Waals surface area contributed by atoms with Crippen molar-refractivity contribution in [2.24, 2.45) is 5.92 Å². The molecule has 21 heavy (non-hydrogen) atoms. The number of benzene rings is 1. The molecule has 1 aliphatic rings. The third kappa shape index (κ3) is 4.74. The Balaban J connectivity index is 1.75. The Labute approximate surface area is 126 Å². The second kappa shape index (κ2) is 7.46. The van der Waals surface area contributed by atoms with Crippen LogP contribution in [0.15, 0.2) is 18.2 Å². The molecule has 2 unspecified atom stereocenters. The van der Waals surface area contributed by atoms with E-state index in [-0.39, 0.29) is 24.5 Å². The van der Waals surface area contributed by atoms with Gasteiger partial charge in [-0.1, -0.05) is 25.0 Å². The lowest BCUT2D eigenvalue weighted by Gasteiger charge is -2.27. The number of amides is 1. The van der Waals surface area contributed by atoms with Gasteiger partial charge in [-0.15, -0.1) is 0 Å². The third-order valence-electron chi connectivity index (χ3n) is 4.13. The number of hydrogen-bond donors (Lipinski definition) is 2. The molecule has 1 aromatic rings. The largest absolute Gasteiger partial charge is 0.483 e. The fourth-order valence-electron chi connectivity index (χ4n) is 2.73. The fraction of sp³-hybridized carbons (Fsp3) is 0.588. The van der Waals surface area contributed by atoms with Gasteiger partial charge in [-0.25, -0.2) is 0 Å². The van der Waals surface area contributed by atoms with E-state index >= 15 is 0 Å². The van der Waals surface area contributed by atoms with Gasteiger partial charge in [0.25, 0.3) is 5.91 Å². The zero-order valence-electron chi connectivity index (χ0n) is 12.9. The minimum absolute atomic E-state index is 0.0209. The minimum atomic E-state index is -0.279. The normalized spacial score (nSPS) is 21.9. The lowest BCUT2D eigenvalue weighted by Crippen LogP contribution is -2.38. The van der Waals surface area contributed by atoms with Crippen LogP contribution in [-0.4, -0.2) is 30.3 Å². The van der Waals surface area contributed by atoms with Gasteiger partial charge in [0.15, 0.2) is 6.61 Å². The van der Waals surface area contributed by atoms with Gasteiger partial charge in [-0.2, -0.15) is 0 Å². The van der Waals surface area contributed by atoms with Crippen LogP contribution >= 0.6 is 0 Å². The zero-order chi connectivity index (χ0) is 15.2. The van der Waals surface area contributed by atoms with Crippen molar-refractivity contribution in [1.82, 2.24) is 5.32 Å². The lowest BCUT2D eigenvalue weighted by molar-refractivity contribution is -0.123. The second-order valence-electron chi connectivity index (χ2n) is 5.97. The molecule has 1 aliphatic carbocycles. The summed E-state index contributed by atoms with van der Waals surface area (Å²) in [5.74, 6) is 0.805. The van der Waals surface area contributed by atoms with E-state index in [1.54, 1.807) is 0 Å². The van der Waals surface area contributed by atoms with Gasteiger partial charge in [-0.3, -0.25) is 4.79 Å². The van der Waals surface area contributed by atoms with Crippen LogP contribution in [0.4, 0.5) is 0 Å². The maximum atomic E-state index is 11.8. The number of aliphatic hydroxyl groups is 1. The molecule has 0 aromatic heterocycles. The smallest absolute Gasteiger partial charge is 0.257 e. The minimum Gasteiger partial charge on any atom is -0.483 e. The highest BCUT2D eigenvalue weighted by Crippen LogP contribution is 2.23. The van der Waals surface area contributed by atoms with Crippen molar-refractivity contribution in [3.8, 4) is 5.75 Å². The molecule has 0 heterocycles. The van der Waals surface area contributed by atoms with Crippen LogP contribution in [0.5, 0.6) is 5.75 Å². The Kier molecular flexibility index (Phi) is 5.62. The summed E-state index contributed by atoms with van der Waals surface area (Å²) in [6, 6.07) is 5.95. The zero-order valence-corrected chi connectivity index (χ0v) is 12.9. The van der Waals surface area contributed by atoms with Gasteiger partial charge >= 0.3 is 0 Å². The van der Waals surface area contributed by atoms with Crippen molar-refractivity contribution in [3.63, 3.8) is 0 Å². The molecule has 1 saturated carbocycles. The van der Waals surface area contributed by atoms with Gasteiger partial charge in [0.1, 0.15) is 5.75 Å². The molecule has 0 spiro atoms. The third-order valence-corrected chi connectivity index (χ3v) is 4.13. The SMILES string of the molecule is Cc1ccc(C)c(OCC(=O)NCC2CCCCC2O)c1. The van der Waals surface area contributed by atoms with Gasteiger partial charge in [0.05, 0.1) is 6.10 Å². The van der Waals surface area contributed by atoms with Crippen molar-refractivity contribution in [2.75, 3.05) is 13.2 Å². The predicted octanol–water partition coefficient (Wildman–Crippen LogP) is 2.35. The Morgan fingerprint density at radius 1 is 1.33 bits per heavy atom. The number of rotatable bonds is 5. The van der Waals surface area contributed by atoms with Gasteiger partial charge < -0.3 is 15.2 Å². The summed E-state index contributed by atoms with van der Waals surface area (Å²) in [6.45, 7) is 4.52. The summed E-state index contributed by atoms with van der Waals surface area (Å²) in [5, 5.41) is 12.7. The second-order valence-corrected chi connectivity index (χ2v) is 5.97. The first-order valence-electron chi connectivity index (χ1n) is 7.71. The van der Waals surface area contributed by atoms with E-state index < -0.39 is 0 Å². The van der Waals surface area contributed by atoms with E-state index in [9.17, 15) is 9.90 Å². The molecule has 2 atom stereocenters. The molecule has 0 aliphatic heterocycles. The number of aryl methyl sites for hydroxylation is 2. The summed E-state index contributed by atoms with van der Waals surface area (Å²) < 4.78 is 5.57. The average Bonchev–Trinajstić information content (AvgIpc) is 2.47. The molecule has 0 saturated heterocycles. The number of nitrogens with one attached hydrogen (secondary N) is 1. The summed E-state index contributed by atoms with van der Waals surface area (Å²) >= 11 is 0. The molecule has 1 aromatic carbocycles. The molecule has 2 N–H and O–H groups in total. The van der Waals surface area contributed by atoms with E-state index in [0.717, 1.165) is 42.6 Å². The number of hydrogen-bond acceptors (Lipinski definition) is 3. The highest BCUT2D eigenvalue weighted by Gasteiger charge is 2.23.